The molecule has 0 saturated heterocycles. The van der Waals surface area contributed by atoms with Crippen LogP contribution < -0.4 is 5.73 Å². The summed E-state index contributed by atoms with van der Waals surface area (Å²) in [6, 6.07) is 0. The zero-order valence-electron chi connectivity index (χ0n) is 8.75. The maximum Gasteiger partial charge on any atom is 0.155 e. The predicted molar refractivity (Wildman–Crippen MR) is 69.6 cm³/mol. The summed E-state index contributed by atoms with van der Waals surface area (Å²) >= 11 is 2.16. The van der Waals surface area contributed by atoms with Crippen molar-refractivity contribution in [3.8, 4) is 0 Å². The summed E-state index contributed by atoms with van der Waals surface area (Å²) in [6.45, 7) is 0. The van der Waals surface area contributed by atoms with Crippen molar-refractivity contribution in [2.45, 2.75) is 44.4 Å². The number of aromatic nitrogens is 2. The smallest absolute Gasteiger partial charge is 0.155 e. The fourth-order valence-electron chi connectivity index (χ4n) is 2.16. The van der Waals surface area contributed by atoms with E-state index in [2.05, 4.69) is 32.6 Å². The standard InChI is InChI=1S/C11H16IN3/c12-10-11(13)14-7-9(15-10)8-5-3-1-2-4-6-8/h7-8H,1-6H2,(H2,13,14). The zero-order chi connectivity index (χ0) is 10.7. The van der Waals surface area contributed by atoms with Gasteiger partial charge in [-0.3, -0.25) is 0 Å². The first-order chi connectivity index (χ1) is 7.27. The highest BCUT2D eigenvalue weighted by Crippen LogP contribution is 2.30. The summed E-state index contributed by atoms with van der Waals surface area (Å²) in [7, 11) is 0. The molecule has 0 bridgehead atoms. The second-order valence-corrected chi connectivity index (χ2v) is 5.18. The minimum atomic E-state index is 0.549. The Labute approximate surface area is 104 Å². The lowest BCUT2D eigenvalue weighted by Gasteiger charge is -2.13. The van der Waals surface area contributed by atoms with Crippen LogP contribution in [0.2, 0.25) is 0 Å². The third-order valence-electron chi connectivity index (χ3n) is 3.05. The van der Waals surface area contributed by atoms with Crippen LogP contribution >= 0.6 is 22.6 Å². The number of anilines is 1. The molecule has 0 aromatic carbocycles. The molecule has 0 amide bonds. The molecule has 0 radical (unpaired) electrons. The van der Waals surface area contributed by atoms with E-state index in [0.717, 1.165) is 9.39 Å². The van der Waals surface area contributed by atoms with Gasteiger partial charge in [0.15, 0.2) is 5.82 Å². The van der Waals surface area contributed by atoms with E-state index >= 15 is 0 Å². The van der Waals surface area contributed by atoms with Gasteiger partial charge in [0.2, 0.25) is 0 Å². The lowest BCUT2D eigenvalue weighted by Crippen LogP contribution is -2.05. The van der Waals surface area contributed by atoms with Crippen LogP contribution in [-0.2, 0) is 0 Å². The Morgan fingerprint density at radius 3 is 2.47 bits per heavy atom. The molecule has 3 nitrogen and oxygen atoms in total. The lowest BCUT2D eigenvalue weighted by atomic mass is 9.97. The van der Waals surface area contributed by atoms with Gasteiger partial charge in [-0.2, -0.15) is 0 Å². The average Bonchev–Trinajstić information content (AvgIpc) is 2.50. The molecule has 0 spiro atoms. The Morgan fingerprint density at radius 2 is 1.87 bits per heavy atom. The molecule has 1 aliphatic carbocycles. The van der Waals surface area contributed by atoms with Crippen LogP contribution in [0.25, 0.3) is 0 Å². The van der Waals surface area contributed by atoms with Crippen molar-refractivity contribution in [3.05, 3.63) is 15.6 Å². The maximum atomic E-state index is 5.67. The molecule has 1 aromatic rings. The van der Waals surface area contributed by atoms with Crippen LogP contribution in [0.5, 0.6) is 0 Å². The largest absolute Gasteiger partial charge is 0.382 e. The molecule has 0 atom stereocenters. The van der Waals surface area contributed by atoms with Gasteiger partial charge in [-0.1, -0.05) is 25.7 Å². The molecular formula is C11H16IN3. The number of nitrogens with two attached hydrogens (primary N) is 1. The monoisotopic (exact) mass is 317 g/mol. The van der Waals surface area contributed by atoms with Gasteiger partial charge in [0, 0.05) is 5.92 Å². The number of nitrogen functional groups attached to an aromatic ring is 1. The first kappa shape index (κ1) is 11.1. The van der Waals surface area contributed by atoms with Crippen molar-refractivity contribution < 1.29 is 0 Å². The van der Waals surface area contributed by atoms with E-state index in [0.29, 0.717) is 11.7 Å². The Bertz CT molecular complexity index is 333. The van der Waals surface area contributed by atoms with Gasteiger partial charge in [0.25, 0.3) is 0 Å². The lowest BCUT2D eigenvalue weighted by molar-refractivity contribution is 0.574. The van der Waals surface area contributed by atoms with E-state index in [-0.39, 0.29) is 0 Å². The molecule has 15 heavy (non-hydrogen) atoms. The zero-order valence-corrected chi connectivity index (χ0v) is 10.9. The molecule has 2 rings (SSSR count). The Kier molecular flexibility index (Phi) is 3.77. The molecule has 0 unspecified atom stereocenters. The van der Waals surface area contributed by atoms with Crippen LogP contribution in [0, 0.1) is 3.70 Å². The van der Waals surface area contributed by atoms with Crippen molar-refractivity contribution in [3.63, 3.8) is 0 Å². The van der Waals surface area contributed by atoms with Crippen molar-refractivity contribution >= 4 is 28.4 Å². The van der Waals surface area contributed by atoms with Gasteiger partial charge in [0.1, 0.15) is 3.70 Å². The fraction of sp³-hybridized carbons (Fsp3) is 0.636. The number of halogens is 1. The van der Waals surface area contributed by atoms with E-state index in [1.807, 2.05) is 6.20 Å². The summed E-state index contributed by atoms with van der Waals surface area (Å²) in [4.78, 5) is 8.73. The van der Waals surface area contributed by atoms with Gasteiger partial charge in [-0.05, 0) is 35.4 Å². The Balaban J connectivity index is 2.16. The quantitative estimate of drug-likeness (QED) is 0.640. The maximum absolute atomic E-state index is 5.67. The molecule has 1 aliphatic rings. The SMILES string of the molecule is Nc1ncc(C2CCCCCC2)nc1I. The summed E-state index contributed by atoms with van der Waals surface area (Å²) < 4.78 is 0.842. The van der Waals surface area contributed by atoms with Gasteiger partial charge in [-0.15, -0.1) is 0 Å². The molecule has 1 aromatic heterocycles. The van der Waals surface area contributed by atoms with Crippen LogP contribution in [-0.4, -0.2) is 9.97 Å². The Morgan fingerprint density at radius 1 is 1.20 bits per heavy atom. The molecule has 0 aliphatic heterocycles. The molecule has 2 N–H and O–H groups in total. The second kappa shape index (κ2) is 5.09. The fourth-order valence-corrected chi connectivity index (χ4v) is 2.58. The Hall–Kier alpha value is -0.390. The van der Waals surface area contributed by atoms with Crippen molar-refractivity contribution in [1.29, 1.82) is 0 Å². The molecular weight excluding hydrogens is 301 g/mol. The number of hydrogen-bond acceptors (Lipinski definition) is 3. The number of rotatable bonds is 1. The van der Waals surface area contributed by atoms with Crippen LogP contribution in [0.1, 0.15) is 50.1 Å². The molecule has 1 saturated carbocycles. The van der Waals surface area contributed by atoms with Crippen molar-refractivity contribution in [1.82, 2.24) is 9.97 Å². The van der Waals surface area contributed by atoms with E-state index in [9.17, 15) is 0 Å². The summed E-state index contributed by atoms with van der Waals surface area (Å²) in [5, 5.41) is 0. The predicted octanol–water partition coefficient (Wildman–Crippen LogP) is 3.10. The normalized spacial score (nSPS) is 18.7. The summed E-state index contributed by atoms with van der Waals surface area (Å²) in [5.74, 6) is 1.15. The van der Waals surface area contributed by atoms with E-state index < -0.39 is 0 Å². The minimum absolute atomic E-state index is 0.549. The van der Waals surface area contributed by atoms with Crippen molar-refractivity contribution in [2.75, 3.05) is 5.73 Å². The molecule has 82 valence electrons. The van der Waals surface area contributed by atoms with Crippen LogP contribution in [0.15, 0.2) is 6.20 Å². The molecule has 1 heterocycles. The van der Waals surface area contributed by atoms with Gasteiger partial charge in [-0.25, -0.2) is 9.97 Å². The summed E-state index contributed by atoms with van der Waals surface area (Å²) in [6.07, 6.45) is 9.77. The highest BCUT2D eigenvalue weighted by Gasteiger charge is 2.16. The minimum Gasteiger partial charge on any atom is -0.382 e. The second-order valence-electron chi connectivity index (χ2n) is 4.16. The van der Waals surface area contributed by atoms with Gasteiger partial charge in [0.05, 0.1) is 11.9 Å². The van der Waals surface area contributed by atoms with Gasteiger partial charge < -0.3 is 5.73 Å². The molecule has 1 fully saturated rings. The first-order valence-corrected chi connectivity index (χ1v) is 6.63. The van der Waals surface area contributed by atoms with Crippen LogP contribution in [0.3, 0.4) is 0 Å². The average molecular weight is 317 g/mol. The third-order valence-corrected chi connectivity index (χ3v) is 3.84. The third kappa shape index (κ3) is 2.80. The van der Waals surface area contributed by atoms with E-state index in [4.69, 9.17) is 5.73 Å². The first-order valence-electron chi connectivity index (χ1n) is 5.55. The van der Waals surface area contributed by atoms with Gasteiger partial charge >= 0.3 is 0 Å². The van der Waals surface area contributed by atoms with Crippen LogP contribution in [0.4, 0.5) is 5.82 Å². The molecule has 4 heteroatoms. The highest BCUT2D eigenvalue weighted by molar-refractivity contribution is 14.1. The number of hydrogen-bond donors (Lipinski definition) is 1. The van der Waals surface area contributed by atoms with E-state index in [1.54, 1.807) is 0 Å². The topological polar surface area (TPSA) is 51.8 Å². The number of nitrogens with zero attached hydrogens (tertiary/aromatic N) is 2. The van der Waals surface area contributed by atoms with Crippen molar-refractivity contribution in [2.24, 2.45) is 0 Å². The highest BCUT2D eigenvalue weighted by atomic mass is 127. The van der Waals surface area contributed by atoms with E-state index in [1.165, 1.54) is 38.5 Å². The summed E-state index contributed by atoms with van der Waals surface area (Å²) in [5.41, 5.74) is 6.80.